The van der Waals surface area contributed by atoms with Gasteiger partial charge in [0.2, 0.25) is 5.91 Å². The third kappa shape index (κ3) is 5.57. The Balaban J connectivity index is 1.74. The SMILES string of the molecule is CNC(=O)CC1CCN(CC(C)(C)CN2CCOCC2)C1. The van der Waals surface area contributed by atoms with Crippen LogP contribution in [0.5, 0.6) is 0 Å². The lowest BCUT2D eigenvalue weighted by atomic mass is 9.91. The van der Waals surface area contributed by atoms with Gasteiger partial charge in [-0.1, -0.05) is 13.8 Å². The van der Waals surface area contributed by atoms with Crippen molar-refractivity contribution < 1.29 is 9.53 Å². The molecule has 1 unspecified atom stereocenters. The maximum atomic E-state index is 11.5. The molecule has 0 bridgehead atoms. The van der Waals surface area contributed by atoms with Crippen molar-refractivity contribution in [1.29, 1.82) is 0 Å². The second-order valence-corrected chi connectivity index (χ2v) is 7.32. The predicted molar refractivity (Wildman–Crippen MR) is 84.3 cm³/mol. The van der Waals surface area contributed by atoms with E-state index in [4.69, 9.17) is 4.74 Å². The number of hydrogen-bond acceptors (Lipinski definition) is 4. The molecule has 2 aliphatic heterocycles. The van der Waals surface area contributed by atoms with E-state index in [1.54, 1.807) is 7.05 Å². The third-order valence-corrected chi connectivity index (χ3v) is 4.53. The highest BCUT2D eigenvalue weighted by molar-refractivity contribution is 5.75. The quantitative estimate of drug-likeness (QED) is 0.788. The first-order valence-electron chi connectivity index (χ1n) is 8.21. The molecule has 2 heterocycles. The highest BCUT2D eigenvalue weighted by Crippen LogP contribution is 2.25. The number of carbonyl (C=O) groups is 1. The smallest absolute Gasteiger partial charge is 0.220 e. The number of carbonyl (C=O) groups excluding carboxylic acids is 1. The van der Waals surface area contributed by atoms with E-state index in [1.165, 1.54) is 0 Å². The van der Waals surface area contributed by atoms with Crippen molar-refractivity contribution in [1.82, 2.24) is 15.1 Å². The van der Waals surface area contributed by atoms with E-state index in [-0.39, 0.29) is 5.91 Å². The summed E-state index contributed by atoms with van der Waals surface area (Å²) in [4.78, 5) is 16.5. The van der Waals surface area contributed by atoms with Gasteiger partial charge in [-0.05, 0) is 24.3 Å². The molecule has 2 saturated heterocycles. The van der Waals surface area contributed by atoms with Gasteiger partial charge >= 0.3 is 0 Å². The van der Waals surface area contributed by atoms with E-state index in [0.717, 1.165) is 58.9 Å². The molecule has 5 nitrogen and oxygen atoms in total. The first-order valence-corrected chi connectivity index (χ1v) is 8.21. The molecule has 2 rings (SSSR count). The molecule has 0 radical (unpaired) electrons. The molecule has 0 saturated carbocycles. The lowest BCUT2D eigenvalue weighted by molar-refractivity contribution is -0.121. The number of amides is 1. The molecule has 1 atom stereocenters. The van der Waals surface area contributed by atoms with Crippen LogP contribution in [-0.2, 0) is 9.53 Å². The Hall–Kier alpha value is -0.650. The maximum Gasteiger partial charge on any atom is 0.220 e. The number of likely N-dealkylation sites (tertiary alicyclic amines) is 1. The predicted octanol–water partition coefficient (Wildman–Crippen LogP) is 0.803. The van der Waals surface area contributed by atoms with Gasteiger partial charge in [0.05, 0.1) is 13.2 Å². The van der Waals surface area contributed by atoms with Gasteiger partial charge in [-0.3, -0.25) is 9.69 Å². The van der Waals surface area contributed by atoms with Crippen LogP contribution in [0.15, 0.2) is 0 Å². The zero-order chi connectivity index (χ0) is 15.3. The van der Waals surface area contributed by atoms with Crippen molar-refractivity contribution in [3.63, 3.8) is 0 Å². The lowest BCUT2D eigenvalue weighted by Gasteiger charge is -2.37. The van der Waals surface area contributed by atoms with Gasteiger partial charge in [0.25, 0.3) is 0 Å². The zero-order valence-corrected chi connectivity index (χ0v) is 13.9. The van der Waals surface area contributed by atoms with Crippen LogP contribution >= 0.6 is 0 Å². The van der Waals surface area contributed by atoms with Gasteiger partial charge < -0.3 is 15.0 Å². The van der Waals surface area contributed by atoms with E-state index < -0.39 is 0 Å². The highest BCUT2D eigenvalue weighted by Gasteiger charge is 2.30. The molecule has 5 heteroatoms. The Morgan fingerprint density at radius 2 is 1.86 bits per heavy atom. The number of ether oxygens (including phenoxy) is 1. The van der Waals surface area contributed by atoms with Gasteiger partial charge in [0, 0.05) is 46.2 Å². The monoisotopic (exact) mass is 297 g/mol. The summed E-state index contributed by atoms with van der Waals surface area (Å²) < 4.78 is 5.42. The summed E-state index contributed by atoms with van der Waals surface area (Å²) in [5.41, 5.74) is 0.291. The fourth-order valence-electron chi connectivity index (χ4n) is 3.61. The first-order chi connectivity index (χ1) is 9.98. The summed E-state index contributed by atoms with van der Waals surface area (Å²) in [5, 5.41) is 2.73. The average molecular weight is 297 g/mol. The Kier molecular flexibility index (Phi) is 6.02. The van der Waals surface area contributed by atoms with E-state index in [2.05, 4.69) is 29.0 Å². The van der Waals surface area contributed by atoms with E-state index in [9.17, 15) is 4.79 Å². The molecule has 0 aromatic carbocycles. The number of nitrogens with zero attached hydrogens (tertiary/aromatic N) is 2. The summed E-state index contributed by atoms with van der Waals surface area (Å²) in [6, 6.07) is 0. The molecule has 21 heavy (non-hydrogen) atoms. The Bertz CT molecular complexity index is 340. The van der Waals surface area contributed by atoms with Crippen molar-refractivity contribution in [2.75, 3.05) is 59.5 Å². The van der Waals surface area contributed by atoms with Crippen molar-refractivity contribution in [2.24, 2.45) is 11.3 Å². The van der Waals surface area contributed by atoms with Gasteiger partial charge in [-0.15, -0.1) is 0 Å². The summed E-state index contributed by atoms with van der Waals surface area (Å²) in [5.74, 6) is 0.707. The summed E-state index contributed by atoms with van der Waals surface area (Å²) >= 11 is 0. The number of hydrogen-bond donors (Lipinski definition) is 1. The van der Waals surface area contributed by atoms with E-state index >= 15 is 0 Å². The second kappa shape index (κ2) is 7.56. The van der Waals surface area contributed by atoms with Crippen LogP contribution in [0.3, 0.4) is 0 Å². The summed E-state index contributed by atoms with van der Waals surface area (Å²) in [7, 11) is 1.72. The Morgan fingerprint density at radius 1 is 1.19 bits per heavy atom. The van der Waals surface area contributed by atoms with E-state index in [1.807, 2.05) is 0 Å². The molecule has 0 spiro atoms. The molecular weight excluding hydrogens is 266 g/mol. The standard InChI is InChI=1S/C16H31N3O2/c1-16(2,12-18-6-8-21-9-7-18)13-19-5-4-14(11-19)10-15(20)17-3/h14H,4-13H2,1-3H3,(H,17,20). The topological polar surface area (TPSA) is 44.8 Å². The van der Waals surface area contributed by atoms with Crippen LogP contribution in [0, 0.1) is 11.3 Å². The van der Waals surface area contributed by atoms with Gasteiger partial charge in [0.1, 0.15) is 0 Å². The fraction of sp³-hybridized carbons (Fsp3) is 0.938. The van der Waals surface area contributed by atoms with Crippen molar-refractivity contribution >= 4 is 5.91 Å². The van der Waals surface area contributed by atoms with Crippen LogP contribution in [0.1, 0.15) is 26.7 Å². The minimum absolute atomic E-state index is 0.175. The minimum Gasteiger partial charge on any atom is -0.379 e. The maximum absolute atomic E-state index is 11.5. The van der Waals surface area contributed by atoms with Crippen molar-refractivity contribution in [3.05, 3.63) is 0 Å². The molecule has 0 aliphatic carbocycles. The zero-order valence-electron chi connectivity index (χ0n) is 13.9. The molecule has 1 amide bonds. The Morgan fingerprint density at radius 3 is 2.52 bits per heavy atom. The van der Waals surface area contributed by atoms with Crippen molar-refractivity contribution in [2.45, 2.75) is 26.7 Å². The van der Waals surface area contributed by atoms with Crippen LogP contribution in [0.25, 0.3) is 0 Å². The molecule has 2 fully saturated rings. The van der Waals surface area contributed by atoms with Crippen LogP contribution in [-0.4, -0.2) is 75.2 Å². The highest BCUT2D eigenvalue weighted by atomic mass is 16.5. The van der Waals surface area contributed by atoms with Crippen LogP contribution < -0.4 is 5.32 Å². The largest absolute Gasteiger partial charge is 0.379 e. The second-order valence-electron chi connectivity index (χ2n) is 7.32. The van der Waals surface area contributed by atoms with Crippen molar-refractivity contribution in [3.8, 4) is 0 Å². The van der Waals surface area contributed by atoms with Gasteiger partial charge in [0.15, 0.2) is 0 Å². The molecule has 0 aromatic rings. The molecule has 0 aromatic heterocycles. The number of morpholine rings is 1. The van der Waals surface area contributed by atoms with Gasteiger partial charge in [-0.2, -0.15) is 0 Å². The fourth-order valence-corrected chi connectivity index (χ4v) is 3.61. The Labute approximate surface area is 129 Å². The summed E-state index contributed by atoms with van der Waals surface area (Å²) in [6.45, 7) is 13.0. The number of nitrogens with one attached hydrogen (secondary N) is 1. The lowest BCUT2D eigenvalue weighted by Crippen LogP contribution is -2.45. The number of rotatable bonds is 6. The first kappa shape index (κ1) is 16.7. The van der Waals surface area contributed by atoms with E-state index in [0.29, 0.717) is 17.8 Å². The van der Waals surface area contributed by atoms with Gasteiger partial charge in [-0.25, -0.2) is 0 Å². The molecule has 2 aliphatic rings. The minimum atomic E-state index is 0.175. The third-order valence-electron chi connectivity index (χ3n) is 4.53. The summed E-state index contributed by atoms with van der Waals surface area (Å²) in [6.07, 6.45) is 1.83. The molecular formula is C16H31N3O2. The molecule has 122 valence electrons. The normalized spacial score (nSPS) is 25.2. The molecule has 1 N–H and O–H groups in total. The average Bonchev–Trinajstić information content (AvgIpc) is 2.85. The van der Waals surface area contributed by atoms with Crippen LogP contribution in [0.4, 0.5) is 0 Å². The van der Waals surface area contributed by atoms with Crippen LogP contribution in [0.2, 0.25) is 0 Å².